The van der Waals surface area contributed by atoms with Gasteiger partial charge < -0.3 is 10.0 Å². The summed E-state index contributed by atoms with van der Waals surface area (Å²) in [4.78, 5) is 18.1. The minimum Gasteiger partial charge on any atom is -0.396 e. The molecule has 88 valence electrons. The zero-order chi connectivity index (χ0) is 11.5. The number of aromatic nitrogens is 1. The van der Waals surface area contributed by atoms with Gasteiger partial charge in [-0.05, 0) is 25.7 Å². The molecule has 2 heterocycles. The molecule has 0 bridgehead atoms. The summed E-state index contributed by atoms with van der Waals surface area (Å²) in [5.74, 6) is 0.236. The number of amides is 1. The highest BCUT2D eigenvalue weighted by atomic mass is 32.1. The second-order valence-electron chi connectivity index (χ2n) is 4.19. The molecule has 1 fully saturated rings. The molecule has 1 amide bonds. The van der Waals surface area contributed by atoms with Gasteiger partial charge in [0.05, 0.1) is 5.01 Å². The molecule has 5 heteroatoms. The van der Waals surface area contributed by atoms with Crippen LogP contribution in [0.3, 0.4) is 0 Å². The Morgan fingerprint density at radius 3 is 3.19 bits per heavy atom. The number of aryl methyl sites for hydroxylation is 1. The molecule has 1 aliphatic rings. The molecule has 1 atom stereocenters. The number of hydrogen-bond acceptors (Lipinski definition) is 4. The summed E-state index contributed by atoms with van der Waals surface area (Å²) in [6.07, 6.45) is 1.98. The number of carbonyl (C=O) groups excluding carboxylic acids is 1. The number of carbonyl (C=O) groups is 1. The average molecular weight is 240 g/mol. The SMILES string of the molecule is Cc1nc(C(=O)N2CCC[C@H](CO)C2)cs1. The molecule has 16 heavy (non-hydrogen) atoms. The molecule has 0 aromatic carbocycles. The number of rotatable bonds is 2. The summed E-state index contributed by atoms with van der Waals surface area (Å²) in [6.45, 7) is 3.51. The molecule has 1 aromatic rings. The van der Waals surface area contributed by atoms with Gasteiger partial charge in [0.15, 0.2) is 0 Å². The Morgan fingerprint density at radius 1 is 1.75 bits per heavy atom. The Labute approximate surface area is 98.9 Å². The van der Waals surface area contributed by atoms with Crippen LogP contribution in [0.25, 0.3) is 0 Å². The topological polar surface area (TPSA) is 53.4 Å². The Balaban J connectivity index is 2.04. The van der Waals surface area contributed by atoms with Crippen molar-refractivity contribution < 1.29 is 9.90 Å². The van der Waals surface area contributed by atoms with Crippen LogP contribution >= 0.6 is 11.3 Å². The zero-order valence-corrected chi connectivity index (χ0v) is 10.2. The molecule has 0 unspecified atom stereocenters. The molecule has 1 N–H and O–H groups in total. The lowest BCUT2D eigenvalue weighted by Gasteiger charge is -2.31. The van der Waals surface area contributed by atoms with Gasteiger partial charge in [-0.3, -0.25) is 4.79 Å². The van der Waals surface area contributed by atoms with Crippen molar-refractivity contribution in [3.8, 4) is 0 Å². The number of likely N-dealkylation sites (tertiary alicyclic amines) is 1. The number of nitrogens with zero attached hydrogens (tertiary/aromatic N) is 2. The normalized spacial score (nSPS) is 21.1. The van der Waals surface area contributed by atoms with Gasteiger partial charge in [-0.15, -0.1) is 11.3 Å². The summed E-state index contributed by atoms with van der Waals surface area (Å²) in [5.41, 5.74) is 0.543. The Morgan fingerprint density at radius 2 is 2.56 bits per heavy atom. The van der Waals surface area contributed by atoms with E-state index in [1.54, 1.807) is 10.3 Å². The van der Waals surface area contributed by atoms with Gasteiger partial charge in [-0.25, -0.2) is 4.98 Å². The van der Waals surface area contributed by atoms with Gasteiger partial charge in [0.25, 0.3) is 5.91 Å². The van der Waals surface area contributed by atoms with Gasteiger partial charge in [-0.1, -0.05) is 0 Å². The van der Waals surface area contributed by atoms with Crippen LogP contribution in [0, 0.1) is 12.8 Å². The number of hydrogen-bond donors (Lipinski definition) is 1. The highest BCUT2D eigenvalue weighted by Crippen LogP contribution is 2.18. The van der Waals surface area contributed by atoms with Crippen molar-refractivity contribution >= 4 is 17.2 Å². The molecule has 1 saturated heterocycles. The fraction of sp³-hybridized carbons (Fsp3) is 0.636. The van der Waals surface area contributed by atoms with Crippen LogP contribution in [-0.2, 0) is 0 Å². The van der Waals surface area contributed by atoms with Crippen molar-refractivity contribution in [3.05, 3.63) is 16.1 Å². The van der Waals surface area contributed by atoms with Gasteiger partial charge >= 0.3 is 0 Å². The Hall–Kier alpha value is -0.940. The quantitative estimate of drug-likeness (QED) is 0.847. The molecule has 0 spiro atoms. The predicted molar refractivity (Wildman–Crippen MR) is 62.6 cm³/mol. The van der Waals surface area contributed by atoms with Crippen molar-refractivity contribution in [2.45, 2.75) is 19.8 Å². The molecule has 1 aromatic heterocycles. The van der Waals surface area contributed by atoms with Crippen molar-refractivity contribution in [1.29, 1.82) is 0 Å². The molecule has 0 saturated carbocycles. The van der Waals surface area contributed by atoms with Crippen LogP contribution in [0.4, 0.5) is 0 Å². The zero-order valence-electron chi connectivity index (χ0n) is 9.35. The van der Waals surface area contributed by atoms with Crippen LogP contribution in [0.5, 0.6) is 0 Å². The van der Waals surface area contributed by atoms with Crippen LogP contribution in [0.1, 0.15) is 28.3 Å². The van der Waals surface area contributed by atoms with E-state index in [2.05, 4.69) is 4.98 Å². The minimum atomic E-state index is 0.00231. The monoisotopic (exact) mass is 240 g/mol. The van der Waals surface area contributed by atoms with Crippen LogP contribution in [0.2, 0.25) is 0 Å². The maximum atomic E-state index is 12.1. The third-order valence-electron chi connectivity index (χ3n) is 2.90. The van der Waals surface area contributed by atoms with Gasteiger partial charge in [0.2, 0.25) is 0 Å². The maximum Gasteiger partial charge on any atom is 0.273 e. The molecule has 0 radical (unpaired) electrons. The summed E-state index contributed by atoms with van der Waals surface area (Å²) < 4.78 is 0. The molecule has 2 rings (SSSR count). The third kappa shape index (κ3) is 2.41. The van der Waals surface area contributed by atoms with E-state index in [1.165, 1.54) is 11.3 Å². The molecule has 1 aliphatic heterocycles. The largest absolute Gasteiger partial charge is 0.396 e. The lowest BCUT2D eigenvalue weighted by molar-refractivity contribution is 0.0615. The molecular formula is C11H16N2O2S. The van der Waals surface area contributed by atoms with Crippen molar-refractivity contribution in [1.82, 2.24) is 9.88 Å². The smallest absolute Gasteiger partial charge is 0.273 e. The predicted octanol–water partition coefficient (Wildman–Crippen LogP) is 1.30. The Bertz CT molecular complexity index is 378. The summed E-state index contributed by atoms with van der Waals surface area (Å²) in [7, 11) is 0. The maximum absolute atomic E-state index is 12.1. The fourth-order valence-electron chi connectivity index (χ4n) is 2.02. The molecular weight excluding hydrogens is 224 g/mol. The first kappa shape index (κ1) is 11.5. The van der Waals surface area contributed by atoms with E-state index in [1.807, 2.05) is 6.92 Å². The minimum absolute atomic E-state index is 0.00231. The second kappa shape index (κ2) is 4.93. The second-order valence-corrected chi connectivity index (χ2v) is 5.26. The number of aliphatic hydroxyl groups is 1. The van der Waals surface area contributed by atoms with Crippen molar-refractivity contribution in [2.75, 3.05) is 19.7 Å². The van der Waals surface area contributed by atoms with E-state index in [-0.39, 0.29) is 18.4 Å². The van der Waals surface area contributed by atoms with E-state index in [0.29, 0.717) is 12.2 Å². The van der Waals surface area contributed by atoms with Gasteiger partial charge in [0.1, 0.15) is 5.69 Å². The fourth-order valence-corrected chi connectivity index (χ4v) is 2.61. The Kier molecular flexibility index (Phi) is 3.56. The number of thiazole rings is 1. The van der Waals surface area contributed by atoms with E-state index in [0.717, 1.165) is 24.4 Å². The standard InChI is InChI=1S/C11H16N2O2S/c1-8-12-10(7-16-8)11(15)13-4-2-3-9(5-13)6-14/h7,9,14H,2-6H2,1H3/t9-/m0/s1. The first-order chi connectivity index (χ1) is 7.70. The first-order valence-electron chi connectivity index (χ1n) is 5.53. The number of aliphatic hydroxyl groups excluding tert-OH is 1. The highest BCUT2D eigenvalue weighted by molar-refractivity contribution is 7.09. The van der Waals surface area contributed by atoms with E-state index in [4.69, 9.17) is 5.11 Å². The summed E-state index contributed by atoms with van der Waals surface area (Å²) >= 11 is 1.50. The van der Waals surface area contributed by atoms with Crippen LogP contribution in [-0.4, -0.2) is 40.6 Å². The highest BCUT2D eigenvalue weighted by Gasteiger charge is 2.25. The van der Waals surface area contributed by atoms with Crippen LogP contribution in [0.15, 0.2) is 5.38 Å². The van der Waals surface area contributed by atoms with Gasteiger partial charge in [-0.2, -0.15) is 0 Å². The third-order valence-corrected chi connectivity index (χ3v) is 3.68. The van der Waals surface area contributed by atoms with E-state index >= 15 is 0 Å². The summed E-state index contributed by atoms with van der Waals surface area (Å²) in [6, 6.07) is 0. The van der Waals surface area contributed by atoms with E-state index < -0.39 is 0 Å². The van der Waals surface area contributed by atoms with Crippen molar-refractivity contribution in [3.63, 3.8) is 0 Å². The lowest BCUT2D eigenvalue weighted by Crippen LogP contribution is -2.41. The molecule has 4 nitrogen and oxygen atoms in total. The molecule has 0 aliphatic carbocycles. The van der Waals surface area contributed by atoms with E-state index in [9.17, 15) is 4.79 Å². The first-order valence-corrected chi connectivity index (χ1v) is 6.41. The van der Waals surface area contributed by atoms with Gasteiger partial charge in [0, 0.05) is 25.1 Å². The average Bonchev–Trinajstić information content (AvgIpc) is 2.75. The van der Waals surface area contributed by atoms with Crippen molar-refractivity contribution in [2.24, 2.45) is 5.92 Å². The lowest BCUT2D eigenvalue weighted by atomic mass is 9.99. The number of piperidine rings is 1. The van der Waals surface area contributed by atoms with Crippen LogP contribution < -0.4 is 0 Å². The summed E-state index contributed by atoms with van der Waals surface area (Å²) in [5, 5.41) is 11.8.